The number of likely N-dealkylation sites (tertiary alicyclic amines) is 1. The molecule has 0 spiro atoms. The second-order valence-electron chi connectivity index (χ2n) is 6.67. The molecule has 0 bridgehead atoms. The summed E-state index contributed by atoms with van der Waals surface area (Å²) in [7, 11) is 1.86. The third kappa shape index (κ3) is 4.85. The average Bonchev–Trinajstić information content (AvgIpc) is 2.53. The van der Waals surface area contributed by atoms with E-state index in [1.807, 2.05) is 19.2 Å². The van der Waals surface area contributed by atoms with Gasteiger partial charge in [-0.05, 0) is 49.8 Å². The SMILES string of the molecule is CN=C(NC1CCC1)NC1CCN(Cc2ccc(Cl)cc2)CC1. The van der Waals surface area contributed by atoms with E-state index in [0.717, 1.165) is 30.6 Å². The van der Waals surface area contributed by atoms with Crippen molar-refractivity contribution in [1.82, 2.24) is 15.5 Å². The van der Waals surface area contributed by atoms with E-state index in [2.05, 4.69) is 32.7 Å². The van der Waals surface area contributed by atoms with Crippen molar-refractivity contribution in [2.45, 2.75) is 50.7 Å². The zero-order chi connectivity index (χ0) is 16.1. The van der Waals surface area contributed by atoms with Crippen LogP contribution in [0, 0.1) is 0 Å². The van der Waals surface area contributed by atoms with Crippen LogP contribution in [0.15, 0.2) is 29.3 Å². The van der Waals surface area contributed by atoms with E-state index in [4.69, 9.17) is 11.6 Å². The molecule has 1 heterocycles. The van der Waals surface area contributed by atoms with Crippen molar-refractivity contribution < 1.29 is 0 Å². The fraction of sp³-hybridized carbons (Fsp3) is 0.611. The molecule has 126 valence electrons. The summed E-state index contributed by atoms with van der Waals surface area (Å²) in [6, 6.07) is 9.35. The van der Waals surface area contributed by atoms with Gasteiger partial charge in [-0.25, -0.2) is 0 Å². The fourth-order valence-corrected chi connectivity index (χ4v) is 3.32. The Hall–Kier alpha value is -1.26. The molecule has 23 heavy (non-hydrogen) atoms. The Morgan fingerprint density at radius 1 is 1.09 bits per heavy atom. The van der Waals surface area contributed by atoms with Gasteiger partial charge in [0.2, 0.25) is 0 Å². The van der Waals surface area contributed by atoms with Crippen LogP contribution in [-0.2, 0) is 6.54 Å². The van der Waals surface area contributed by atoms with E-state index in [1.54, 1.807) is 0 Å². The Kier molecular flexibility index (Phi) is 5.79. The second kappa shape index (κ2) is 8.02. The quantitative estimate of drug-likeness (QED) is 0.657. The lowest BCUT2D eigenvalue weighted by molar-refractivity contribution is 0.198. The van der Waals surface area contributed by atoms with Gasteiger partial charge >= 0.3 is 0 Å². The molecule has 3 rings (SSSR count). The van der Waals surface area contributed by atoms with Crippen molar-refractivity contribution in [1.29, 1.82) is 0 Å². The molecule has 0 amide bonds. The van der Waals surface area contributed by atoms with E-state index >= 15 is 0 Å². The molecule has 0 radical (unpaired) electrons. The largest absolute Gasteiger partial charge is 0.354 e. The minimum atomic E-state index is 0.530. The number of piperidine rings is 1. The number of benzene rings is 1. The van der Waals surface area contributed by atoms with Crippen LogP contribution < -0.4 is 10.6 Å². The fourth-order valence-electron chi connectivity index (χ4n) is 3.19. The van der Waals surface area contributed by atoms with Crippen LogP contribution in [0.4, 0.5) is 0 Å². The lowest BCUT2D eigenvalue weighted by atomic mass is 9.93. The number of rotatable bonds is 4. The van der Waals surface area contributed by atoms with Crippen LogP contribution >= 0.6 is 11.6 Å². The zero-order valence-corrected chi connectivity index (χ0v) is 14.6. The molecule has 0 aromatic heterocycles. The monoisotopic (exact) mass is 334 g/mol. The first-order valence-corrected chi connectivity index (χ1v) is 9.07. The first kappa shape index (κ1) is 16.6. The molecule has 1 saturated carbocycles. The van der Waals surface area contributed by atoms with Crippen LogP contribution in [0.2, 0.25) is 5.02 Å². The molecule has 1 aliphatic carbocycles. The molecule has 2 N–H and O–H groups in total. The highest BCUT2D eigenvalue weighted by Crippen LogP contribution is 2.18. The summed E-state index contributed by atoms with van der Waals surface area (Å²) in [5.74, 6) is 0.978. The summed E-state index contributed by atoms with van der Waals surface area (Å²) in [6.07, 6.45) is 6.23. The van der Waals surface area contributed by atoms with Gasteiger partial charge in [-0.3, -0.25) is 9.89 Å². The van der Waals surface area contributed by atoms with Gasteiger partial charge in [-0.15, -0.1) is 0 Å². The summed E-state index contributed by atoms with van der Waals surface area (Å²) < 4.78 is 0. The maximum absolute atomic E-state index is 5.95. The highest BCUT2D eigenvalue weighted by atomic mass is 35.5. The Morgan fingerprint density at radius 2 is 1.70 bits per heavy atom. The Bertz CT molecular complexity index is 516. The van der Waals surface area contributed by atoms with Gasteiger partial charge in [0, 0.05) is 43.8 Å². The van der Waals surface area contributed by atoms with Crippen molar-refractivity contribution in [2.24, 2.45) is 4.99 Å². The molecule has 1 aromatic rings. The van der Waals surface area contributed by atoms with Gasteiger partial charge in [-0.1, -0.05) is 23.7 Å². The minimum absolute atomic E-state index is 0.530. The number of nitrogens with zero attached hydrogens (tertiary/aromatic N) is 2. The molecule has 0 unspecified atom stereocenters. The van der Waals surface area contributed by atoms with Gasteiger partial charge in [0.15, 0.2) is 5.96 Å². The third-order valence-electron chi connectivity index (χ3n) is 4.92. The first-order valence-electron chi connectivity index (χ1n) is 8.69. The van der Waals surface area contributed by atoms with Crippen molar-refractivity contribution in [2.75, 3.05) is 20.1 Å². The number of hydrogen-bond acceptors (Lipinski definition) is 2. The van der Waals surface area contributed by atoms with Gasteiger partial charge < -0.3 is 10.6 Å². The maximum Gasteiger partial charge on any atom is 0.191 e. The number of guanidine groups is 1. The van der Waals surface area contributed by atoms with E-state index in [9.17, 15) is 0 Å². The number of hydrogen-bond donors (Lipinski definition) is 2. The summed E-state index contributed by atoms with van der Waals surface area (Å²) in [5.41, 5.74) is 1.34. The Morgan fingerprint density at radius 3 is 2.22 bits per heavy atom. The van der Waals surface area contributed by atoms with Crippen LogP contribution in [0.3, 0.4) is 0 Å². The Labute approximate surface area is 144 Å². The standard InChI is InChI=1S/C18H27ClN4/c1-20-18(21-16-3-2-4-16)22-17-9-11-23(12-10-17)13-14-5-7-15(19)8-6-14/h5-8,16-17H,2-4,9-13H2,1H3,(H2,20,21,22). The highest BCUT2D eigenvalue weighted by Gasteiger charge is 2.22. The van der Waals surface area contributed by atoms with Gasteiger partial charge in [-0.2, -0.15) is 0 Å². The number of halogens is 1. The molecule has 0 atom stereocenters. The normalized spacial score (nSPS) is 21.0. The topological polar surface area (TPSA) is 39.7 Å². The summed E-state index contributed by atoms with van der Waals surface area (Å²) in [6.45, 7) is 3.26. The highest BCUT2D eigenvalue weighted by molar-refractivity contribution is 6.30. The smallest absolute Gasteiger partial charge is 0.191 e. The van der Waals surface area contributed by atoms with Crippen LogP contribution in [-0.4, -0.2) is 43.1 Å². The molecule has 1 saturated heterocycles. The molecule has 4 nitrogen and oxygen atoms in total. The van der Waals surface area contributed by atoms with Crippen molar-refractivity contribution in [3.63, 3.8) is 0 Å². The molecule has 5 heteroatoms. The first-order chi connectivity index (χ1) is 11.2. The third-order valence-corrected chi connectivity index (χ3v) is 5.17. The van der Waals surface area contributed by atoms with Gasteiger partial charge in [0.05, 0.1) is 0 Å². The van der Waals surface area contributed by atoms with E-state index < -0.39 is 0 Å². The van der Waals surface area contributed by atoms with E-state index in [1.165, 1.54) is 37.7 Å². The lowest BCUT2D eigenvalue weighted by Crippen LogP contribution is -2.52. The lowest BCUT2D eigenvalue weighted by Gasteiger charge is -2.34. The van der Waals surface area contributed by atoms with Crippen molar-refractivity contribution in [3.8, 4) is 0 Å². The van der Waals surface area contributed by atoms with Crippen LogP contribution in [0.25, 0.3) is 0 Å². The summed E-state index contributed by atoms with van der Waals surface area (Å²) in [5, 5.41) is 7.92. The molecular formula is C18H27ClN4. The zero-order valence-electron chi connectivity index (χ0n) is 13.9. The number of aliphatic imine (C=N–C) groups is 1. The average molecular weight is 335 g/mol. The molecule has 1 aliphatic heterocycles. The maximum atomic E-state index is 5.95. The predicted molar refractivity (Wildman–Crippen MR) is 97.0 cm³/mol. The molecular weight excluding hydrogens is 308 g/mol. The van der Waals surface area contributed by atoms with Crippen LogP contribution in [0.5, 0.6) is 0 Å². The second-order valence-corrected chi connectivity index (χ2v) is 7.10. The van der Waals surface area contributed by atoms with Gasteiger partial charge in [0.1, 0.15) is 0 Å². The Balaban J connectivity index is 1.41. The molecule has 1 aromatic carbocycles. The van der Waals surface area contributed by atoms with Crippen molar-refractivity contribution >= 4 is 17.6 Å². The van der Waals surface area contributed by atoms with E-state index in [-0.39, 0.29) is 0 Å². The number of nitrogens with one attached hydrogen (secondary N) is 2. The minimum Gasteiger partial charge on any atom is -0.354 e. The summed E-state index contributed by atoms with van der Waals surface area (Å²) >= 11 is 5.95. The van der Waals surface area contributed by atoms with Crippen molar-refractivity contribution in [3.05, 3.63) is 34.9 Å². The molecule has 2 aliphatic rings. The van der Waals surface area contributed by atoms with E-state index in [0.29, 0.717) is 12.1 Å². The molecule has 2 fully saturated rings. The summed E-state index contributed by atoms with van der Waals surface area (Å²) in [4.78, 5) is 6.88. The van der Waals surface area contributed by atoms with Gasteiger partial charge in [0.25, 0.3) is 0 Å². The van der Waals surface area contributed by atoms with Crippen LogP contribution in [0.1, 0.15) is 37.7 Å². The predicted octanol–water partition coefficient (Wildman–Crippen LogP) is 3.02.